The van der Waals surface area contributed by atoms with Crippen LogP contribution in [0.25, 0.3) is 10.9 Å². The summed E-state index contributed by atoms with van der Waals surface area (Å²) in [5.41, 5.74) is 2.15. The van der Waals surface area contributed by atoms with Crippen LogP contribution in [0.1, 0.15) is 26.3 Å². The summed E-state index contributed by atoms with van der Waals surface area (Å²) >= 11 is 0. The number of nitrogens with one attached hydrogen (secondary N) is 2. The van der Waals surface area contributed by atoms with E-state index in [0.29, 0.717) is 24.8 Å². The lowest BCUT2D eigenvalue weighted by molar-refractivity contribution is 0.647. The van der Waals surface area contributed by atoms with Crippen LogP contribution < -0.4 is 10.6 Å². The standard InChI is InChI=1S/C18H26N4OS/c1-18(2,3)24(23)12-11-21-17(19-4)22-13-14-9-10-20-16-8-6-5-7-15(14)16/h5-10H,11-13H2,1-4H3,(H2,19,21,22). The van der Waals surface area contributed by atoms with Crippen LogP contribution in [0.15, 0.2) is 41.5 Å². The largest absolute Gasteiger partial charge is 0.355 e. The SMILES string of the molecule is CN=C(NCCS(=O)C(C)(C)C)NCc1ccnc2ccccc12. The Morgan fingerprint density at radius 2 is 1.96 bits per heavy atom. The van der Waals surface area contributed by atoms with E-state index < -0.39 is 10.8 Å². The zero-order valence-corrected chi connectivity index (χ0v) is 15.6. The third-order valence-corrected chi connectivity index (χ3v) is 5.61. The predicted octanol–water partition coefficient (Wildman–Crippen LogP) is 2.45. The number of pyridine rings is 1. The Bertz CT molecular complexity index is 732. The van der Waals surface area contributed by atoms with Gasteiger partial charge in [0.05, 0.1) is 5.52 Å². The van der Waals surface area contributed by atoms with Gasteiger partial charge in [-0.15, -0.1) is 0 Å². The van der Waals surface area contributed by atoms with Crippen LogP contribution in [0.3, 0.4) is 0 Å². The van der Waals surface area contributed by atoms with E-state index in [1.54, 1.807) is 7.05 Å². The van der Waals surface area contributed by atoms with Gasteiger partial charge in [0.1, 0.15) is 0 Å². The summed E-state index contributed by atoms with van der Waals surface area (Å²) in [5, 5.41) is 7.66. The maximum absolute atomic E-state index is 12.1. The van der Waals surface area contributed by atoms with E-state index >= 15 is 0 Å². The number of para-hydroxylation sites is 1. The van der Waals surface area contributed by atoms with E-state index in [0.717, 1.165) is 10.9 Å². The van der Waals surface area contributed by atoms with Crippen molar-refractivity contribution in [2.45, 2.75) is 32.1 Å². The van der Waals surface area contributed by atoms with Gasteiger partial charge in [-0.3, -0.25) is 14.2 Å². The maximum atomic E-state index is 12.1. The number of hydrogen-bond donors (Lipinski definition) is 2. The predicted molar refractivity (Wildman–Crippen MR) is 103 cm³/mol. The smallest absolute Gasteiger partial charge is 0.191 e. The highest BCUT2D eigenvalue weighted by Crippen LogP contribution is 2.15. The fourth-order valence-corrected chi connectivity index (χ4v) is 3.18. The molecular formula is C18H26N4OS. The van der Waals surface area contributed by atoms with Crippen molar-refractivity contribution in [3.8, 4) is 0 Å². The maximum Gasteiger partial charge on any atom is 0.191 e. The van der Waals surface area contributed by atoms with Gasteiger partial charge in [0.2, 0.25) is 0 Å². The average Bonchev–Trinajstić information content (AvgIpc) is 2.56. The first-order valence-corrected chi connectivity index (χ1v) is 9.39. The quantitative estimate of drug-likeness (QED) is 0.645. The Kier molecular flexibility index (Phi) is 6.31. The Morgan fingerprint density at radius 1 is 1.21 bits per heavy atom. The molecule has 2 N–H and O–H groups in total. The molecule has 1 aromatic heterocycles. The molecule has 0 saturated heterocycles. The monoisotopic (exact) mass is 346 g/mol. The molecule has 0 radical (unpaired) electrons. The van der Waals surface area contributed by atoms with E-state index in [9.17, 15) is 4.21 Å². The highest BCUT2D eigenvalue weighted by molar-refractivity contribution is 7.86. The summed E-state index contributed by atoms with van der Waals surface area (Å²) in [6.45, 7) is 7.26. The highest BCUT2D eigenvalue weighted by Gasteiger charge is 2.18. The van der Waals surface area contributed by atoms with Gasteiger partial charge >= 0.3 is 0 Å². The number of rotatable bonds is 5. The molecule has 0 saturated carbocycles. The summed E-state index contributed by atoms with van der Waals surface area (Å²) in [6, 6.07) is 10.1. The molecule has 0 amide bonds. The number of aromatic nitrogens is 1. The molecule has 0 fully saturated rings. The molecular weight excluding hydrogens is 320 g/mol. The second-order valence-corrected chi connectivity index (χ2v) is 8.83. The van der Waals surface area contributed by atoms with Crippen molar-refractivity contribution in [2.24, 2.45) is 4.99 Å². The number of nitrogens with zero attached hydrogens (tertiary/aromatic N) is 2. The van der Waals surface area contributed by atoms with Gasteiger partial charge in [0.25, 0.3) is 0 Å². The lowest BCUT2D eigenvalue weighted by Crippen LogP contribution is -2.40. The van der Waals surface area contributed by atoms with Gasteiger partial charge in [-0.1, -0.05) is 18.2 Å². The van der Waals surface area contributed by atoms with Gasteiger partial charge in [-0.2, -0.15) is 0 Å². The molecule has 5 nitrogen and oxygen atoms in total. The van der Waals surface area contributed by atoms with Crippen molar-refractivity contribution in [1.82, 2.24) is 15.6 Å². The zero-order chi connectivity index (χ0) is 17.6. The van der Waals surface area contributed by atoms with Crippen molar-refractivity contribution in [3.05, 3.63) is 42.1 Å². The van der Waals surface area contributed by atoms with Gasteiger partial charge < -0.3 is 10.6 Å². The average molecular weight is 347 g/mol. The number of guanidine groups is 1. The van der Waals surface area contributed by atoms with Gasteiger partial charge in [-0.25, -0.2) is 0 Å². The number of fused-ring (bicyclic) bond motifs is 1. The molecule has 2 aromatic rings. The van der Waals surface area contributed by atoms with E-state index in [1.807, 2.05) is 51.2 Å². The fraction of sp³-hybridized carbons (Fsp3) is 0.444. The van der Waals surface area contributed by atoms with Crippen LogP contribution in [0.2, 0.25) is 0 Å². The number of benzene rings is 1. The number of aliphatic imine (C=N–C) groups is 1. The Morgan fingerprint density at radius 3 is 2.67 bits per heavy atom. The van der Waals surface area contributed by atoms with Crippen molar-refractivity contribution in [2.75, 3.05) is 19.3 Å². The first-order valence-electron chi connectivity index (χ1n) is 8.07. The lowest BCUT2D eigenvalue weighted by atomic mass is 10.1. The first kappa shape index (κ1) is 18.4. The van der Waals surface area contributed by atoms with E-state index in [1.165, 1.54) is 5.56 Å². The molecule has 6 heteroatoms. The van der Waals surface area contributed by atoms with Gasteiger partial charge in [0, 0.05) is 53.0 Å². The molecule has 0 bridgehead atoms. The summed E-state index contributed by atoms with van der Waals surface area (Å²) in [4.78, 5) is 8.60. The van der Waals surface area contributed by atoms with Gasteiger partial charge in [-0.05, 0) is 38.5 Å². The summed E-state index contributed by atoms with van der Waals surface area (Å²) in [7, 11) is 0.869. The summed E-state index contributed by atoms with van der Waals surface area (Å²) in [5.74, 6) is 1.31. The topological polar surface area (TPSA) is 66.4 Å². The molecule has 0 aliphatic rings. The molecule has 130 valence electrons. The van der Waals surface area contributed by atoms with Crippen LogP contribution in [-0.2, 0) is 17.3 Å². The van der Waals surface area contributed by atoms with Crippen LogP contribution in [0.4, 0.5) is 0 Å². The van der Waals surface area contributed by atoms with E-state index in [-0.39, 0.29) is 4.75 Å². The van der Waals surface area contributed by atoms with Crippen LogP contribution in [-0.4, -0.2) is 39.2 Å². The molecule has 1 heterocycles. The fourth-order valence-electron chi connectivity index (χ4n) is 2.28. The molecule has 0 aliphatic heterocycles. The third kappa shape index (κ3) is 5.03. The van der Waals surface area contributed by atoms with Crippen LogP contribution >= 0.6 is 0 Å². The minimum Gasteiger partial charge on any atom is -0.355 e. The minimum absolute atomic E-state index is 0.186. The molecule has 2 rings (SSSR count). The summed E-state index contributed by atoms with van der Waals surface area (Å²) in [6.07, 6.45) is 1.82. The lowest BCUT2D eigenvalue weighted by Gasteiger charge is -2.18. The molecule has 0 spiro atoms. The van der Waals surface area contributed by atoms with E-state index in [4.69, 9.17) is 0 Å². The molecule has 1 unspecified atom stereocenters. The Hall–Kier alpha value is -1.95. The Labute approximate surface area is 146 Å². The second kappa shape index (κ2) is 8.24. The van der Waals surface area contributed by atoms with Crippen molar-refractivity contribution in [3.63, 3.8) is 0 Å². The first-order chi connectivity index (χ1) is 11.4. The van der Waals surface area contributed by atoms with Crippen molar-refractivity contribution < 1.29 is 4.21 Å². The van der Waals surface area contributed by atoms with Crippen molar-refractivity contribution >= 4 is 27.7 Å². The Balaban J connectivity index is 1.91. The van der Waals surface area contributed by atoms with Crippen LogP contribution in [0.5, 0.6) is 0 Å². The van der Waals surface area contributed by atoms with Crippen LogP contribution in [0, 0.1) is 0 Å². The number of hydrogen-bond acceptors (Lipinski definition) is 3. The summed E-state index contributed by atoms with van der Waals surface area (Å²) < 4.78 is 11.9. The van der Waals surface area contributed by atoms with Gasteiger partial charge in [0.15, 0.2) is 5.96 Å². The molecule has 1 atom stereocenters. The third-order valence-electron chi connectivity index (χ3n) is 3.67. The normalized spacial score (nSPS) is 13.8. The highest BCUT2D eigenvalue weighted by atomic mass is 32.2. The minimum atomic E-state index is -0.868. The molecule has 1 aromatic carbocycles. The molecule has 0 aliphatic carbocycles. The molecule has 24 heavy (non-hydrogen) atoms. The second-order valence-electron chi connectivity index (χ2n) is 6.50. The van der Waals surface area contributed by atoms with E-state index in [2.05, 4.69) is 26.7 Å². The van der Waals surface area contributed by atoms with Crippen molar-refractivity contribution in [1.29, 1.82) is 0 Å². The zero-order valence-electron chi connectivity index (χ0n) is 14.8.